The van der Waals surface area contributed by atoms with Crippen LogP contribution in [0.1, 0.15) is 64.5 Å². The Balaban J connectivity index is 2.48. The van der Waals surface area contributed by atoms with E-state index in [0.717, 1.165) is 30.4 Å². The van der Waals surface area contributed by atoms with Gasteiger partial charge < -0.3 is 20.4 Å². The first kappa shape index (κ1) is 22.3. The number of aliphatic hydroxyl groups excluding tert-OH is 1. The molecule has 4 N–H and O–H groups in total. The Bertz CT molecular complexity index is 628. The van der Waals surface area contributed by atoms with E-state index in [1.807, 2.05) is 13.8 Å². The zero-order valence-electron chi connectivity index (χ0n) is 16.7. The summed E-state index contributed by atoms with van der Waals surface area (Å²) >= 11 is 0. The highest BCUT2D eigenvalue weighted by molar-refractivity contribution is 5.45. The van der Waals surface area contributed by atoms with Crippen molar-refractivity contribution in [3.05, 3.63) is 46.6 Å². The lowest BCUT2D eigenvalue weighted by Crippen LogP contribution is -2.35. The zero-order valence-corrected chi connectivity index (χ0v) is 16.7. The molecule has 0 aromatic heterocycles. The summed E-state index contributed by atoms with van der Waals surface area (Å²) in [4.78, 5) is 0. The van der Waals surface area contributed by atoms with E-state index < -0.39 is 11.7 Å². The van der Waals surface area contributed by atoms with Crippen molar-refractivity contribution in [1.29, 1.82) is 0 Å². The second-order valence-corrected chi connectivity index (χ2v) is 7.81. The smallest absolute Gasteiger partial charge is 0.123 e. The van der Waals surface area contributed by atoms with Crippen LogP contribution in [0.3, 0.4) is 0 Å². The fourth-order valence-corrected chi connectivity index (χ4v) is 2.79. The largest absolute Gasteiger partial charge is 0.508 e. The van der Waals surface area contributed by atoms with Crippen LogP contribution in [0.5, 0.6) is 11.5 Å². The Morgan fingerprint density at radius 1 is 1.08 bits per heavy atom. The third kappa shape index (κ3) is 7.63. The second-order valence-electron chi connectivity index (χ2n) is 7.81. The predicted octanol–water partition coefficient (Wildman–Crippen LogP) is 4.53. The number of phenolic OH excluding ortho intramolecular Hbond substituents is 2. The Labute approximate surface area is 157 Å². The quantitative estimate of drug-likeness (QED) is 0.486. The van der Waals surface area contributed by atoms with Crippen LogP contribution in [0, 0.1) is 6.92 Å². The van der Waals surface area contributed by atoms with Gasteiger partial charge in [0.05, 0.1) is 11.7 Å². The lowest BCUT2D eigenvalue weighted by molar-refractivity contribution is -0.0509. The molecule has 0 aliphatic carbocycles. The van der Waals surface area contributed by atoms with Crippen molar-refractivity contribution in [2.75, 3.05) is 0 Å². The average molecular weight is 363 g/mol. The third-order valence-corrected chi connectivity index (χ3v) is 4.75. The van der Waals surface area contributed by atoms with E-state index in [1.165, 1.54) is 17.2 Å². The van der Waals surface area contributed by atoms with Gasteiger partial charge in [-0.2, -0.15) is 0 Å². The molecule has 0 aliphatic heterocycles. The normalized spacial score (nSPS) is 14.6. The molecule has 1 rings (SSSR count). The molecular weight excluding hydrogens is 328 g/mol. The van der Waals surface area contributed by atoms with Crippen molar-refractivity contribution in [2.24, 2.45) is 0 Å². The Morgan fingerprint density at radius 3 is 2.27 bits per heavy atom. The van der Waals surface area contributed by atoms with E-state index >= 15 is 0 Å². The summed E-state index contributed by atoms with van der Waals surface area (Å²) in [5.74, 6) is 0.215. The van der Waals surface area contributed by atoms with Gasteiger partial charge in [0.15, 0.2) is 0 Å². The monoisotopic (exact) mass is 362 g/mol. The number of hydrogen-bond acceptors (Lipinski definition) is 4. The van der Waals surface area contributed by atoms with E-state index in [9.17, 15) is 20.4 Å². The number of allylic oxidation sites excluding steroid dienone is 4. The molecule has 0 spiro atoms. The molecule has 0 radical (unpaired) electrons. The van der Waals surface area contributed by atoms with Crippen molar-refractivity contribution in [3.8, 4) is 11.5 Å². The zero-order chi connectivity index (χ0) is 19.9. The van der Waals surface area contributed by atoms with Crippen LogP contribution in [0.4, 0.5) is 0 Å². The highest BCUT2D eigenvalue weighted by atomic mass is 16.3. The Kier molecular flexibility index (Phi) is 8.38. The first-order valence-electron chi connectivity index (χ1n) is 9.24. The van der Waals surface area contributed by atoms with Gasteiger partial charge in [0, 0.05) is 11.6 Å². The highest BCUT2D eigenvalue weighted by Crippen LogP contribution is 2.27. The van der Waals surface area contributed by atoms with Gasteiger partial charge in [-0.1, -0.05) is 23.3 Å². The molecule has 146 valence electrons. The fraction of sp³-hybridized carbons (Fsp3) is 0.545. The number of aromatic hydroxyl groups is 2. The van der Waals surface area contributed by atoms with Crippen molar-refractivity contribution >= 4 is 0 Å². The van der Waals surface area contributed by atoms with Crippen LogP contribution < -0.4 is 0 Å². The van der Waals surface area contributed by atoms with Crippen molar-refractivity contribution in [1.82, 2.24) is 0 Å². The van der Waals surface area contributed by atoms with E-state index in [4.69, 9.17) is 0 Å². The van der Waals surface area contributed by atoms with Crippen molar-refractivity contribution in [2.45, 2.75) is 78.4 Å². The van der Waals surface area contributed by atoms with Crippen molar-refractivity contribution in [3.63, 3.8) is 0 Å². The third-order valence-electron chi connectivity index (χ3n) is 4.75. The molecule has 0 amide bonds. The maximum atomic E-state index is 9.96. The number of hydrogen-bond donors (Lipinski definition) is 4. The summed E-state index contributed by atoms with van der Waals surface area (Å²) in [6.07, 6.45) is 7.40. The topological polar surface area (TPSA) is 80.9 Å². The average Bonchev–Trinajstić information content (AvgIpc) is 2.50. The molecule has 1 atom stereocenters. The van der Waals surface area contributed by atoms with Crippen LogP contribution in [-0.4, -0.2) is 32.1 Å². The summed E-state index contributed by atoms with van der Waals surface area (Å²) in [7, 11) is 0. The molecular formula is C22H34O4. The van der Waals surface area contributed by atoms with Crippen LogP contribution in [0.25, 0.3) is 0 Å². The molecule has 0 bridgehead atoms. The van der Waals surface area contributed by atoms with Gasteiger partial charge in [-0.05, 0) is 78.4 Å². The van der Waals surface area contributed by atoms with Gasteiger partial charge in [-0.3, -0.25) is 0 Å². The van der Waals surface area contributed by atoms with Gasteiger partial charge in [0.2, 0.25) is 0 Å². The molecule has 0 aliphatic rings. The molecule has 0 saturated heterocycles. The Hall–Kier alpha value is -1.78. The second kappa shape index (κ2) is 9.79. The summed E-state index contributed by atoms with van der Waals surface area (Å²) < 4.78 is 0. The molecule has 0 saturated carbocycles. The van der Waals surface area contributed by atoms with Crippen LogP contribution in [-0.2, 0) is 6.42 Å². The minimum atomic E-state index is -1.06. The number of rotatable bonds is 9. The maximum Gasteiger partial charge on any atom is 0.123 e. The minimum Gasteiger partial charge on any atom is -0.508 e. The highest BCUT2D eigenvalue weighted by Gasteiger charge is 2.23. The molecule has 0 unspecified atom stereocenters. The van der Waals surface area contributed by atoms with Gasteiger partial charge in [-0.25, -0.2) is 0 Å². The molecule has 1 aromatic rings. The molecule has 4 nitrogen and oxygen atoms in total. The van der Waals surface area contributed by atoms with Gasteiger partial charge >= 0.3 is 0 Å². The number of phenols is 2. The lowest BCUT2D eigenvalue weighted by atomic mass is 9.95. The summed E-state index contributed by atoms with van der Waals surface area (Å²) in [6.45, 7) is 9.26. The number of aryl methyl sites for hydroxylation is 1. The minimum absolute atomic E-state index is 0.0831. The first-order valence-corrected chi connectivity index (χ1v) is 9.24. The molecule has 0 heterocycles. The summed E-state index contributed by atoms with van der Waals surface area (Å²) in [5.41, 5.74) is 3.13. The fourth-order valence-electron chi connectivity index (χ4n) is 2.79. The van der Waals surface area contributed by atoms with E-state index in [1.54, 1.807) is 19.9 Å². The predicted molar refractivity (Wildman–Crippen MR) is 106 cm³/mol. The van der Waals surface area contributed by atoms with Crippen LogP contribution in [0.15, 0.2) is 35.4 Å². The Morgan fingerprint density at radius 2 is 1.69 bits per heavy atom. The summed E-state index contributed by atoms with van der Waals surface area (Å²) in [6, 6.07) is 3.03. The molecule has 1 aromatic carbocycles. The molecule has 26 heavy (non-hydrogen) atoms. The van der Waals surface area contributed by atoms with Gasteiger partial charge in [-0.15, -0.1) is 0 Å². The molecule has 4 heteroatoms. The van der Waals surface area contributed by atoms with Gasteiger partial charge in [0.1, 0.15) is 11.5 Å². The number of benzene rings is 1. The van der Waals surface area contributed by atoms with Crippen molar-refractivity contribution < 1.29 is 20.4 Å². The van der Waals surface area contributed by atoms with Crippen LogP contribution >= 0.6 is 0 Å². The van der Waals surface area contributed by atoms with Crippen LogP contribution in [0.2, 0.25) is 0 Å². The summed E-state index contributed by atoms with van der Waals surface area (Å²) in [5, 5.41) is 39.0. The van der Waals surface area contributed by atoms with E-state index in [0.29, 0.717) is 12.8 Å². The standard InChI is InChI=1S/C22H34O4/c1-15(9-11-19-17(3)13-18(23)14-20(19)24)7-6-8-16(2)10-12-21(25)22(4,5)26/h8-9,13-14,21,23-26H,6-7,10-12H2,1-5H3/t21-/m1/s1. The van der Waals surface area contributed by atoms with Gasteiger partial charge in [0.25, 0.3) is 0 Å². The SMILES string of the molecule is CC(=CCc1c(C)cc(O)cc1O)CCC=C(C)CC[C@@H](O)C(C)(C)O. The van der Waals surface area contributed by atoms with E-state index in [-0.39, 0.29) is 11.5 Å². The molecule has 0 fully saturated rings. The maximum absolute atomic E-state index is 9.96. The van der Waals surface area contributed by atoms with E-state index in [2.05, 4.69) is 19.1 Å². The lowest BCUT2D eigenvalue weighted by Gasteiger charge is -2.24. The number of aliphatic hydroxyl groups is 2. The first-order chi connectivity index (χ1) is 12.0.